The van der Waals surface area contributed by atoms with Crippen LogP contribution in [0.1, 0.15) is 30.1 Å². The summed E-state index contributed by atoms with van der Waals surface area (Å²) < 4.78 is 12.9. The van der Waals surface area contributed by atoms with Crippen molar-refractivity contribution in [1.82, 2.24) is 5.32 Å². The number of halogens is 1. The lowest BCUT2D eigenvalue weighted by Crippen LogP contribution is -2.25. The Bertz CT molecular complexity index is 396. The maximum Gasteiger partial charge on any atom is 0.251 e. The van der Waals surface area contributed by atoms with Crippen LogP contribution in [0.25, 0.3) is 0 Å². The molecule has 0 saturated heterocycles. The Kier molecular flexibility index (Phi) is 5.44. The first-order valence-electron chi connectivity index (χ1n) is 5.45. The molecule has 0 bridgehead atoms. The topological polar surface area (TPSA) is 49.3 Å². The summed E-state index contributed by atoms with van der Waals surface area (Å²) in [6.45, 7) is 2.19. The van der Waals surface area contributed by atoms with Gasteiger partial charge >= 0.3 is 0 Å². The molecule has 0 aliphatic heterocycles. The summed E-state index contributed by atoms with van der Waals surface area (Å²) in [5, 5.41) is 11.7. The molecule has 0 aliphatic rings. The van der Waals surface area contributed by atoms with Crippen molar-refractivity contribution < 1.29 is 14.3 Å². The summed E-state index contributed by atoms with van der Waals surface area (Å²) in [7, 11) is 0. The molecule has 2 N–H and O–H groups in total. The number of carbonyl (C=O) groups is 1. The van der Waals surface area contributed by atoms with E-state index in [1.165, 1.54) is 18.2 Å². The Labute approximate surface area is 105 Å². The molecule has 1 aromatic carbocycles. The van der Waals surface area contributed by atoms with Gasteiger partial charge in [0.2, 0.25) is 0 Å². The van der Waals surface area contributed by atoms with Crippen LogP contribution < -0.4 is 5.32 Å². The van der Waals surface area contributed by atoms with E-state index in [9.17, 15) is 9.18 Å². The molecular formula is C12H16FNO2S. The highest BCUT2D eigenvalue weighted by Crippen LogP contribution is 2.14. The van der Waals surface area contributed by atoms with E-state index in [-0.39, 0.29) is 16.9 Å². The molecule has 0 fully saturated rings. The Hall–Kier alpha value is -1.07. The molecule has 1 atom stereocenters. The quantitative estimate of drug-likeness (QED) is 0.558. The van der Waals surface area contributed by atoms with Crippen LogP contribution in [0.15, 0.2) is 23.1 Å². The zero-order valence-electron chi connectivity index (χ0n) is 9.61. The summed E-state index contributed by atoms with van der Waals surface area (Å²) in [6.07, 6.45) is 0.988. The lowest BCUT2D eigenvalue weighted by atomic mass is 10.2. The Morgan fingerprint density at radius 1 is 1.59 bits per heavy atom. The minimum Gasteiger partial charge on any atom is -0.393 e. The van der Waals surface area contributed by atoms with E-state index in [1.54, 1.807) is 6.92 Å². The maximum atomic E-state index is 12.9. The van der Waals surface area contributed by atoms with E-state index in [0.717, 1.165) is 0 Å². The first kappa shape index (κ1) is 14.0. The van der Waals surface area contributed by atoms with Crippen molar-refractivity contribution in [2.24, 2.45) is 0 Å². The van der Waals surface area contributed by atoms with Crippen LogP contribution in [0.5, 0.6) is 0 Å². The number of thiol groups is 1. The fourth-order valence-electron chi connectivity index (χ4n) is 1.36. The van der Waals surface area contributed by atoms with Crippen molar-refractivity contribution in [1.29, 1.82) is 0 Å². The third-order valence-electron chi connectivity index (χ3n) is 2.29. The molecule has 5 heteroatoms. The molecule has 17 heavy (non-hydrogen) atoms. The maximum absolute atomic E-state index is 12.9. The molecule has 0 radical (unpaired) electrons. The fraction of sp³-hybridized carbons (Fsp3) is 0.417. The largest absolute Gasteiger partial charge is 0.393 e. The normalized spacial score (nSPS) is 12.2. The third-order valence-corrected chi connectivity index (χ3v) is 2.64. The highest BCUT2D eigenvalue weighted by molar-refractivity contribution is 7.80. The first-order chi connectivity index (χ1) is 8.00. The SMILES string of the molecule is CC(O)CCCNC(=O)c1ccc(F)c(S)c1. The van der Waals surface area contributed by atoms with Gasteiger partial charge in [-0.25, -0.2) is 4.39 Å². The third kappa shape index (κ3) is 4.75. The van der Waals surface area contributed by atoms with E-state index in [0.29, 0.717) is 24.9 Å². The number of benzene rings is 1. The van der Waals surface area contributed by atoms with Gasteiger partial charge in [-0.15, -0.1) is 12.6 Å². The number of amides is 1. The second-order valence-electron chi connectivity index (χ2n) is 3.91. The highest BCUT2D eigenvalue weighted by Gasteiger charge is 2.07. The summed E-state index contributed by atoms with van der Waals surface area (Å²) in [6, 6.07) is 4.02. The molecule has 3 nitrogen and oxygen atoms in total. The van der Waals surface area contributed by atoms with E-state index < -0.39 is 5.82 Å². The molecule has 94 valence electrons. The van der Waals surface area contributed by atoms with Gasteiger partial charge in [0.1, 0.15) is 5.82 Å². The van der Waals surface area contributed by atoms with Crippen LogP contribution in [-0.4, -0.2) is 23.7 Å². The second kappa shape index (κ2) is 6.61. The van der Waals surface area contributed by atoms with Gasteiger partial charge in [0, 0.05) is 17.0 Å². The molecule has 0 aromatic heterocycles. The summed E-state index contributed by atoms with van der Waals surface area (Å²) >= 11 is 3.91. The minimum absolute atomic E-state index is 0.154. The Morgan fingerprint density at radius 3 is 2.88 bits per heavy atom. The van der Waals surface area contributed by atoms with Crippen molar-refractivity contribution in [3.05, 3.63) is 29.6 Å². The van der Waals surface area contributed by atoms with Crippen LogP contribution in [0.4, 0.5) is 4.39 Å². The lowest BCUT2D eigenvalue weighted by Gasteiger charge is -2.07. The molecule has 1 amide bonds. The molecule has 1 aromatic rings. The van der Waals surface area contributed by atoms with Crippen molar-refractivity contribution in [2.75, 3.05) is 6.54 Å². The zero-order valence-corrected chi connectivity index (χ0v) is 10.5. The predicted molar refractivity (Wildman–Crippen MR) is 66.9 cm³/mol. The van der Waals surface area contributed by atoms with Crippen molar-refractivity contribution in [3.8, 4) is 0 Å². The van der Waals surface area contributed by atoms with Crippen molar-refractivity contribution in [2.45, 2.75) is 30.8 Å². The lowest BCUT2D eigenvalue weighted by molar-refractivity contribution is 0.0949. The molecule has 1 unspecified atom stereocenters. The average molecular weight is 257 g/mol. The van der Waals surface area contributed by atoms with Gasteiger partial charge in [-0.3, -0.25) is 4.79 Å². The highest BCUT2D eigenvalue weighted by atomic mass is 32.1. The molecule has 0 aliphatic carbocycles. The van der Waals surface area contributed by atoms with E-state index in [2.05, 4.69) is 17.9 Å². The van der Waals surface area contributed by atoms with Gasteiger partial charge in [-0.2, -0.15) is 0 Å². The minimum atomic E-state index is -0.445. The number of rotatable bonds is 5. The zero-order chi connectivity index (χ0) is 12.8. The monoisotopic (exact) mass is 257 g/mol. The molecule has 0 saturated carbocycles. The van der Waals surface area contributed by atoms with Gasteiger partial charge in [-0.05, 0) is 38.0 Å². The molecule has 0 spiro atoms. The van der Waals surface area contributed by atoms with E-state index in [1.807, 2.05) is 0 Å². The van der Waals surface area contributed by atoms with Gasteiger partial charge in [0.15, 0.2) is 0 Å². The summed E-state index contributed by atoms with van der Waals surface area (Å²) in [5.74, 6) is -0.704. The van der Waals surface area contributed by atoms with Gasteiger partial charge in [0.25, 0.3) is 5.91 Å². The number of aliphatic hydroxyl groups excluding tert-OH is 1. The summed E-state index contributed by atoms with van der Waals surface area (Å²) in [4.78, 5) is 11.8. The van der Waals surface area contributed by atoms with Crippen LogP contribution >= 0.6 is 12.6 Å². The number of hydrogen-bond donors (Lipinski definition) is 3. The van der Waals surface area contributed by atoms with Gasteiger partial charge in [-0.1, -0.05) is 0 Å². The number of aliphatic hydroxyl groups is 1. The van der Waals surface area contributed by atoms with Crippen LogP contribution in [0, 0.1) is 5.82 Å². The van der Waals surface area contributed by atoms with Gasteiger partial charge < -0.3 is 10.4 Å². The molecule has 0 heterocycles. The Balaban J connectivity index is 2.44. The van der Waals surface area contributed by atoms with Crippen LogP contribution in [0.3, 0.4) is 0 Å². The molecule has 1 rings (SSSR count). The Morgan fingerprint density at radius 2 is 2.29 bits per heavy atom. The van der Waals surface area contributed by atoms with E-state index in [4.69, 9.17) is 5.11 Å². The predicted octanol–water partition coefficient (Wildman–Crippen LogP) is 2.01. The van der Waals surface area contributed by atoms with E-state index >= 15 is 0 Å². The number of carbonyl (C=O) groups excluding carboxylic acids is 1. The van der Waals surface area contributed by atoms with Crippen molar-refractivity contribution in [3.63, 3.8) is 0 Å². The fourth-order valence-corrected chi connectivity index (χ4v) is 1.57. The number of nitrogens with one attached hydrogen (secondary N) is 1. The second-order valence-corrected chi connectivity index (χ2v) is 4.40. The van der Waals surface area contributed by atoms with Crippen molar-refractivity contribution >= 4 is 18.5 Å². The average Bonchev–Trinajstić information content (AvgIpc) is 2.27. The van der Waals surface area contributed by atoms with Gasteiger partial charge in [0.05, 0.1) is 6.10 Å². The summed E-state index contributed by atoms with van der Waals surface area (Å²) in [5.41, 5.74) is 0.383. The van der Waals surface area contributed by atoms with Crippen LogP contribution in [0.2, 0.25) is 0 Å². The smallest absolute Gasteiger partial charge is 0.251 e. The van der Waals surface area contributed by atoms with Crippen LogP contribution in [-0.2, 0) is 0 Å². The molecular weight excluding hydrogens is 241 g/mol. The standard InChI is InChI=1S/C12H16FNO2S/c1-8(15)3-2-6-14-12(16)9-4-5-10(13)11(17)7-9/h4-5,7-8,15,17H,2-3,6H2,1H3,(H,14,16). The first-order valence-corrected chi connectivity index (χ1v) is 5.90. The number of hydrogen-bond acceptors (Lipinski definition) is 3.